The van der Waals surface area contributed by atoms with Crippen LogP contribution >= 0.6 is 23.2 Å². The van der Waals surface area contributed by atoms with Crippen molar-refractivity contribution in [1.82, 2.24) is 4.31 Å². The predicted octanol–water partition coefficient (Wildman–Crippen LogP) is 2.75. The van der Waals surface area contributed by atoms with Crippen LogP contribution in [-0.4, -0.2) is 25.3 Å². The fourth-order valence-corrected chi connectivity index (χ4v) is 5.09. The monoisotopic (exact) mass is 308 g/mol. The van der Waals surface area contributed by atoms with Crippen molar-refractivity contribution in [2.24, 2.45) is 0 Å². The maximum atomic E-state index is 12.5. The molecule has 18 heavy (non-hydrogen) atoms. The van der Waals surface area contributed by atoms with E-state index in [2.05, 4.69) is 0 Å². The van der Waals surface area contributed by atoms with Crippen LogP contribution < -0.4 is 5.73 Å². The van der Waals surface area contributed by atoms with Gasteiger partial charge in [0.1, 0.15) is 4.90 Å². The lowest BCUT2D eigenvalue weighted by Gasteiger charge is -2.22. The second-order valence-corrected chi connectivity index (χ2v) is 7.06. The van der Waals surface area contributed by atoms with Gasteiger partial charge >= 0.3 is 0 Å². The predicted molar refractivity (Wildman–Crippen MR) is 73.5 cm³/mol. The Balaban J connectivity index is 2.54. The van der Waals surface area contributed by atoms with Crippen molar-refractivity contribution in [3.63, 3.8) is 0 Å². The molecule has 1 aromatic carbocycles. The summed E-state index contributed by atoms with van der Waals surface area (Å²) in [6.45, 7) is 2.38. The molecule has 0 amide bonds. The second-order valence-electron chi connectivity index (χ2n) is 4.42. The minimum Gasteiger partial charge on any atom is -0.399 e. The first-order valence-electron chi connectivity index (χ1n) is 5.60. The SMILES string of the molecule is CC1CCCN1S(=O)(=O)c1c(Cl)cc(N)cc1Cl. The number of rotatable bonds is 2. The molecule has 0 radical (unpaired) electrons. The van der Waals surface area contributed by atoms with Crippen LogP contribution in [0.5, 0.6) is 0 Å². The Labute approximate surface area is 117 Å². The quantitative estimate of drug-likeness (QED) is 0.854. The van der Waals surface area contributed by atoms with E-state index >= 15 is 0 Å². The lowest BCUT2D eigenvalue weighted by molar-refractivity contribution is 0.408. The number of hydrogen-bond acceptors (Lipinski definition) is 3. The Kier molecular flexibility index (Phi) is 3.78. The third-order valence-corrected chi connectivity index (χ3v) is 6.02. The molecule has 1 aromatic rings. The molecule has 0 saturated carbocycles. The molecule has 1 aliphatic rings. The minimum absolute atomic E-state index is 0.0281. The number of halogens is 2. The summed E-state index contributed by atoms with van der Waals surface area (Å²) in [4.78, 5) is -0.0474. The molecule has 1 atom stereocenters. The van der Waals surface area contributed by atoms with Gasteiger partial charge in [0.05, 0.1) is 10.0 Å². The summed E-state index contributed by atoms with van der Waals surface area (Å²) in [7, 11) is -3.65. The van der Waals surface area contributed by atoms with Crippen molar-refractivity contribution in [3.05, 3.63) is 22.2 Å². The van der Waals surface area contributed by atoms with Gasteiger partial charge in [-0.25, -0.2) is 8.42 Å². The molecule has 2 rings (SSSR count). The zero-order valence-corrected chi connectivity index (χ0v) is 12.2. The van der Waals surface area contributed by atoms with Crippen LogP contribution in [0.15, 0.2) is 17.0 Å². The number of nitrogens with two attached hydrogens (primary N) is 1. The second kappa shape index (κ2) is 4.89. The maximum Gasteiger partial charge on any atom is 0.246 e. The summed E-state index contributed by atoms with van der Waals surface area (Å²) in [6, 6.07) is 2.78. The molecule has 1 aliphatic heterocycles. The van der Waals surface area contributed by atoms with Gasteiger partial charge in [-0.15, -0.1) is 0 Å². The fourth-order valence-electron chi connectivity index (χ4n) is 2.21. The Morgan fingerprint density at radius 2 is 1.89 bits per heavy atom. The van der Waals surface area contributed by atoms with Gasteiger partial charge < -0.3 is 5.73 Å². The highest BCUT2D eigenvalue weighted by Crippen LogP contribution is 2.36. The van der Waals surface area contributed by atoms with Crippen LogP contribution in [0.1, 0.15) is 19.8 Å². The number of sulfonamides is 1. The van der Waals surface area contributed by atoms with Crippen LogP contribution in [0.3, 0.4) is 0 Å². The lowest BCUT2D eigenvalue weighted by Crippen LogP contribution is -2.34. The van der Waals surface area contributed by atoms with Gasteiger partial charge in [-0.2, -0.15) is 4.31 Å². The molecule has 0 spiro atoms. The summed E-state index contributed by atoms with van der Waals surface area (Å²) in [6.07, 6.45) is 1.70. The van der Waals surface area contributed by atoms with Crippen LogP contribution in [-0.2, 0) is 10.0 Å². The van der Waals surface area contributed by atoms with Gasteiger partial charge in [-0.3, -0.25) is 0 Å². The normalized spacial score (nSPS) is 21.4. The minimum atomic E-state index is -3.65. The topological polar surface area (TPSA) is 63.4 Å². The van der Waals surface area contributed by atoms with E-state index < -0.39 is 10.0 Å². The average molecular weight is 309 g/mol. The zero-order valence-electron chi connectivity index (χ0n) is 9.86. The van der Waals surface area contributed by atoms with Crippen molar-refractivity contribution in [2.75, 3.05) is 12.3 Å². The Hall–Kier alpha value is -0.490. The molecule has 0 aliphatic carbocycles. The van der Waals surface area contributed by atoms with Crippen molar-refractivity contribution < 1.29 is 8.42 Å². The van der Waals surface area contributed by atoms with E-state index in [0.29, 0.717) is 12.2 Å². The van der Waals surface area contributed by atoms with E-state index in [0.717, 1.165) is 12.8 Å². The summed E-state index contributed by atoms with van der Waals surface area (Å²) >= 11 is 12.0. The Morgan fingerprint density at radius 1 is 1.33 bits per heavy atom. The zero-order chi connectivity index (χ0) is 13.5. The third kappa shape index (κ3) is 2.32. The Bertz CT molecular complexity index is 551. The highest BCUT2D eigenvalue weighted by Gasteiger charge is 2.35. The molecular weight excluding hydrogens is 295 g/mol. The van der Waals surface area contributed by atoms with Gasteiger partial charge in [0.15, 0.2) is 0 Å². The molecule has 100 valence electrons. The number of hydrogen-bond donors (Lipinski definition) is 1. The van der Waals surface area contributed by atoms with E-state index in [-0.39, 0.29) is 21.0 Å². The smallest absolute Gasteiger partial charge is 0.246 e. The molecule has 1 fully saturated rings. The molecule has 1 saturated heterocycles. The summed E-state index contributed by atoms with van der Waals surface area (Å²) in [5, 5.41) is 0.137. The highest BCUT2D eigenvalue weighted by atomic mass is 35.5. The van der Waals surface area contributed by atoms with E-state index in [1.54, 1.807) is 0 Å². The van der Waals surface area contributed by atoms with Gasteiger partial charge in [-0.05, 0) is 31.9 Å². The lowest BCUT2D eigenvalue weighted by atomic mass is 10.3. The van der Waals surface area contributed by atoms with Crippen molar-refractivity contribution in [2.45, 2.75) is 30.7 Å². The van der Waals surface area contributed by atoms with E-state index in [9.17, 15) is 8.42 Å². The van der Waals surface area contributed by atoms with Crippen molar-refractivity contribution in [3.8, 4) is 0 Å². The molecule has 2 N–H and O–H groups in total. The van der Waals surface area contributed by atoms with Gasteiger partial charge in [0.2, 0.25) is 10.0 Å². The van der Waals surface area contributed by atoms with Crippen LogP contribution in [0, 0.1) is 0 Å². The van der Waals surface area contributed by atoms with E-state index in [1.807, 2.05) is 6.92 Å². The number of nitrogen functional groups attached to an aromatic ring is 1. The fraction of sp³-hybridized carbons (Fsp3) is 0.455. The van der Waals surface area contributed by atoms with Crippen molar-refractivity contribution >= 4 is 38.9 Å². The summed E-state index contributed by atoms with van der Waals surface area (Å²) in [5.74, 6) is 0. The van der Waals surface area contributed by atoms with E-state index in [1.165, 1.54) is 16.4 Å². The molecular formula is C11H14Cl2N2O2S. The standard InChI is InChI=1S/C11H14Cl2N2O2S/c1-7-3-2-4-15(7)18(16,17)11-9(12)5-8(14)6-10(11)13/h5-7H,2-4,14H2,1H3. The molecule has 7 heteroatoms. The molecule has 0 bridgehead atoms. The van der Waals surface area contributed by atoms with Gasteiger partial charge in [0, 0.05) is 18.3 Å². The highest BCUT2D eigenvalue weighted by molar-refractivity contribution is 7.89. The first-order valence-corrected chi connectivity index (χ1v) is 7.80. The number of anilines is 1. The van der Waals surface area contributed by atoms with E-state index in [4.69, 9.17) is 28.9 Å². The third-order valence-electron chi connectivity index (χ3n) is 3.08. The molecule has 1 heterocycles. The van der Waals surface area contributed by atoms with Crippen LogP contribution in [0.4, 0.5) is 5.69 Å². The Morgan fingerprint density at radius 3 is 2.33 bits per heavy atom. The van der Waals surface area contributed by atoms with Gasteiger partial charge in [0.25, 0.3) is 0 Å². The van der Waals surface area contributed by atoms with Gasteiger partial charge in [-0.1, -0.05) is 23.2 Å². The van der Waals surface area contributed by atoms with Crippen LogP contribution in [0.2, 0.25) is 10.0 Å². The summed E-state index contributed by atoms with van der Waals surface area (Å²) in [5.41, 5.74) is 5.92. The maximum absolute atomic E-state index is 12.5. The average Bonchev–Trinajstić information content (AvgIpc) is 2.62. The largest absolute Gasteiger partial charge is 0.399 e. The molecule has 1 unspecified atom stereocenters. The number of nitrogens with zero attached hydrogens (tertiary/aromatic N) is 1. The first-order chi connectivity index (χ1) is 8.34. The summed E-state index contributed by atoms with van der Waals surface area (Å²) < 4.78 is 26.5. The van der Waals surface area contributed by atoms with Crippen molar-refractivity contribution in [1.29, 1.82) is 0 Å². The van der Waals surface area contributed by atoms with Crippen LogP contribution in [0.25, 0.3) is 0 Å². The first kappa shape index (κ1) is 13.9. The molecule has 4 nitrogen and oxygen atoms in total. The molecule has 0 aromatic heterocycles. The number of benzene rings is 1.